The lowest BCUT2D eigenvalue weighted by atomic mass is 10.1. The number of amides is 1. The predicted molar refractivity (Wildman–Crippen MR) is 96.7 cm³/mol. The molecule has 0 spiro atoms. The molecule has 5 nitrogen and oxygen atoms in total. The molecular weight excluding hydrogens is 318 g/mol. The molecule has 0 aromatic heterocycles. The van der Waals surface area contributed by atoms with Gasteiger partial charge in [0, 0.05) is 18.2 Å². The largest absolute Gasteiger partial charge is 0.493 e. The van der Waals surface area contributed by atoms with Gasteiger partial charge in [0.15, 0.2) is 11.5 Å². The number of hydrogen-bond donors (Lipinski definition) is 1. The molecule has 0 fully saturated rings. The van der Waals surface area contributed by atoms with Crippen LogP contribution in [-0.4, -0.2) is 25.7 Å². The maximum atomic E-state index is 12.1. The van der Waals surface area contributed by atoms with Gasteiger partial charge in [0.1, 0.15) is 19.0 Å². The van der Waals surface area contributed by atoms with Gasteiger partial charge in [-0.2, -0.15) is 0 Å². The number of fused-ring (bicyclic) bond motifs is 1. The topological polar surface area (TPSA) is 56.8 Å². The number of nitrogens with one attached hydrogen (secondary N) is 1. The van der Waals surface area contributed by atoms with Gasteiger partial charge >= 0.3 is 0 Å². The quantitative estimate of drug-likeness (QED) is 0.810. The van der Waals surface area contributed by atoms with Crippen molar-refractivity contribution in [3.8, 4) is 17.2 Å². The van der Waals surface area contributed by atoms with Crippen LogP contribution >= 0.6 is 0 Å². The Labute approximate surface area is 147 Å². The monoisotopic (exact) mass is 341 g/mol. The minimum absolute atomic E-state index is 0.0405. The molecule has 25 heavy (non-hydrogen) atoms. The summed E-state index contributed by atoms with van der Waals surface area (Å²) >= 11 is 0. The number of benzene rings is 2. The lowest BCUT2D eigenvalue weighted by Crippen LogP contribution is -2.16. The second-order valence-electron chi connectivity index (χ2n) is 6.06. The maximum Gasteiger partial charge on any atom is 0.224 e. The van der Waals surface area contributed by atoms with Crippen molar-refractivity contribution >= 4 is 11.6 Å². The third-order valence-electron chi connectivity index (χ3n) is 4.19. The first-order valence-electron chi connectivity index (χ1n) is 8.52. The van der Waals surface area contributed by atoms with Gasteiger partial charge in [0.2, 0.25) is 5.91 Å². The molecule has 3 rings (SSSR count). The summed E-state index contributed by atoms with van der Waals surface area (Å²) in [6.07, 6.45) is 1.06. The number of aryl methyl sites for hydroxylation is 1. The Hall–Kier alpha value is -2.69. The molecule has 0 bridgehead atoms. The van der Waals surface area contributed by atoms with E-state index in [2.05, 4.69) is 18.3 Å². The van der Waals surface area contributed by atoms with Crippen LogP contribution in [-0.2, 0) is 4.79 Å². The summed E-state index contributed by atoms with van der Waals surface area (Å²) in [5.74, 6) is 2.22. The number of hydrogen-bond acceptors (Lipinski definition) is 4. The number of carbonyl (C=O) groups is 1. The predicted octanol–water partition coefficient (Wildman–Crippen LogP) is 3.87. The van der Waals surface area contributed by atoms with Gasteiger partial charge in [-0.25, -0.2) is 0 Å². The molecule has 5 heteroatoms. The molecule has 0 saturated carbocycles. The molecule has 2 aromatic rings. The molecule has 0 unspecified atom stereocenters. The molecule has 0 radical (unpaired) electrons. The van der Waals surface area contributed by atoms with E-state index in [0.29, 0.717) is 49.8 Å². The second-order valence-corrected chi connectivity index (χ2v) is 6.06. The average Bonchev–Trinajstić information content (AvgIpc) is 2.62. The standard InChI is InChI=1S/C20H23NO4/c1-14-5-3-6-17(15(14)2)23-10-4-7-20(22)21-16-8-9-18-19(13-16)25-12-11-24-18/h3,5-6,8-9,13H,4,7,10-12H2,1-2H3,(H,21,22). The average molecular weight is 341 g/mol. The molecular formula is C20H23NO4. The second kappa shape index (κ2) is 7.92. The van der Waals surface area contributed by atoms with Gasteiger partial charge in [-0.15, -0.1) is 0 Å². The number of ether oxygens (including phenoxy) is 3. The summed E-state index contributed by atoms with van der Waals surface area (Å²) in [5, 5.41) is 2.88. The van der Waals surface area contributed by atoms with Crippen LogP contribution in [0.1, 0.15) is 24.0 Å². The molecule has 0 aliphatic carbocycles. The Kier molecular flexibility index (Phi) is 5.43. The van der Waals surface area contributed by atoms with Crippen molar-refractivity contribution in [1.29, 1.82) is 0 Å². The Morgan fingerprint density at radius 3 is 2.76 bits per heavy atom. The van der Waals surface area contributed by atoms with Gasteiger partial charge in [0.25, 0.3) is 0 Å². The van der Waals surface area contributed by atoms with Crippen LogP contribution in [0.15, 0.2) is 36.4 Å². The van der Waals surface area contributed by atoms with Crippen LogP contribution in [0.25, 0.3) is 0 Å². The van der Waals surface area contributed by atoms with Gasteiger partial charge in [-0.05, 0) is 49.6 Å². The Balaban J connectivity index is 1.44. The summed E-state index contributed by atoms with van der Waals surface area (Å²) in [7, 11) is 0. The number of carbonyl (C=O) groups excluding carboxylic acids is 1. The van der Waals surface area contributed by atoms with Crippen LogP contribution < -0.4 is 19.5 Å². The van der Waals surface area contributed by atoms with E-state index in [9.17, 15) is 4.79 Å². The van der Waals surface area contributed by atoms with Crippen molar-refractivity contribution in [2.75, 3.05) is 25.1 Å². The van der Waals surface area contributed by atoms with Crippen molar-refractivity contribution in [3.63, 3.8) is 0 Å². The zero-order valence-electron chi connectivity index (χ0n) is 14.6. The van der Waals surface area contributed by atoms with E-state index in [0.717, 1.165) is 11.3 Å². The first kappa shape index (κ1) is 17.1. The van der Waals surface area contributed by atoms with E-state index < -0.39 is 0 Å². The summed E-state index contributed by atoms with van der Waals surface area (Å²) in [4.78, 5) is 12.1. The van der Waals surface area contributed by atoms with Crippen LogP contribution in [0.4, 0.5) is 5.69 Å². The van der Waals surface area contributed by atoms with Gasteiger partial charge < -0.3 is 19.5 Å². The highest BCUT2D eigenvalue weighted by Gasteiger charge is 2.12. The van der Waals surface area contributed by atoms with Crippen LogP contribution in [0.3, 0.4) is 0 Å². The first-order valence-corrected chi connectivity index (χ1v) is 8.52. The fraction of sp³-hybridized carbons (Fsp3) is 0.350. The lowest BCUT2D eigenvalue weighted by Gasteiger charge is -2.19. The normalized spacial score (nSPS) is 12.6. The van der Waals surface area contributed by atoms with E-state index >= 15 is 0 Å². The zero-order valence-corrected chi connectivity index (χ0v) is 14.6. The van der Waals surface area contributed by atoms with Crippen LogP contribution in [0.5, 0.6) is 17.2 Å². The van der Waals surface area contributed by atoms with E-state index in [-0.39, 0.29) is 5.91 Å². The smallest absolute Gasteiger partial charge is 0.224 e. The highest BCUT2D eigenvalue weighted by molar-refractivity contribution is 5.91. The fourth-order valence-electron chi connectivity index (χ4n) is 2.64. The first-order chi connectivity index (χ1) is 12.1. The summed E-state index contributed by atoms with van der Waals surface area (Å²) in [6, 6.07) is 11.4. The molecule has 1 N–H and O–H groups in total. The van der Waals surface area contributed by atoms with Crippen molar-refractivity contribution in [2.45, 2.75) is 26.7 Å². The molecule has 1 aliphatic rings. The fourth-order valence-corrected chi connectivity index (χ4v) is 2.64. The minimum Gasteiger partial charge on any atom is -0.493 e. The SMILES string of the molecule is Cc1cccc(OCCCC(=O)Nc2ccc3c(c2)OCCO3)c1C. The number of anilines is 1. The van der Waals surface area contributed by atoms with Crippen molar-refractivity contribution in [1.82, 2.24) is 0 Å². The molecule has 2 aromatic carbocycles. The van der Waals surface area contributed by atoms with E-state index in [1.807, 2.05) is 31.2 Å². The van der Waals surface area contributed by atoms with Crippen LogP contribution in [0, 0.1) is 13.8 Å². The van der Waals surface area contributed by atoms with E-state index in [1.165, 1.54) is 5.56 Å². The highest BCUT2D eigenvalue weighted by atomic mass is 16.6. The van der Waals surface area contributed by atoms with Gasteiger partial charge in [0.05, 0.1) is 6.61 Å². The molecule has 0 saturated heterocycles. The van der Waals surface area contributed by atoms with Gasteiger partial charge in [-0.3, -0.25) is 4.79 Å². The third kappa shape index (κ3) is 4.44. The maximum absolute atomic E-state index is 12.1. The Bertz CT molecular complexity index is 757. The third-order valence-corrected chi connectivity index (χ3v) is 4.19. The summed E-state index contributed by atoms with van der Waals surface area (Å²) < 4.78 is 16.8. The van der Waals surface area contributed by atoms with Crippen molar-refractivity contribution in [2.24, 2.45) is 0 Å². The summed E-state index contributed by atoms with van der Waals surface area (Å²) in [6.45, 7) is 5.69. The molecule has 1 heterocycles. The summed E-state index contributed by atoms with van der Waals surface area (Å²) in [5.41, 5.74) is 3.06. The van der Waals surface area contributed by atoms with Crippen LogP contribution in [0.2, 0.25) is 0 Å². The molecule has 1 amide bonds. The van der Waals surface area contributed by atoms with Crippen molar-refractivity contribution in [3.05, 3.63) is 47.5 Å². The molecule has 132 valence electrons. The lowest BCUT2D eigenvalue weighted by molar-refractivity contribution is -0.116. The Morgan fingerprint density at radius 2 is 1.92 bits per heavy atom. The Morgan fingerprint density at radius 1 is 1.12 bits per heavy atom. The highest BCUT2D eigenvalue weighted by Crippen LogP contribution is 2.32. The van der Waals surface area contributed by atoms with E-state index in [1.54, 1.807) is 6.07 Å². The molecule has 0 atom stereocenters. The van der Waals surface area contributed by atoms with E-state index in [4.69, 9.17) is 14.2 Å². The molecule has 1 aliphatic heterocycles. The number of rotatable bonds is 6. The van der Waals surface area contributed by atoms with Crippen molar-refractivity contribution < 1.29 is 19.0 Å². The van der Waals surface area contributed by atoms with Gasteiger partial charge in [-0.1, -0.05) is 12.1 Å². The minimum atomic E-state index is -0.0405. The zero-order chi connectivity index (χ0) is 17.6.